The first-order valence-electron chi connectivity index (χ1n) is 8.40. The van der Waals surface area contributed by atoms with Crippen LogP contribution in [0.4, 0.5) is 13.2 Å². The van der Waals surface area contributed by atoms with E-state index in [2.05, 4.69) is 27.6 Å². The van der Waals surface area contributed by atoms with E-state index >= 15 is 0 Å². The summed E-state index contributed by atoms with van der Waals surface area (Å²) in [6.07, 6.45) is 2.02. The van der Waals surface area contributed by atoms with Gasteiger partial charge in [0.05, 0.1) is 6.42 Å². The Morgan fingerprint density at radius 1 is 1.30 bits per heavy atom. The van der Waals surface area contributed by atoms with Gasteiger partial charge in [0.25, 0.3) is 0 Å². The van der Waals surface area contributed by atoms with E-state index in [1.54, 1.807) is 0 Å². The summed E-state index contributed by atoms with van der Waals surface area (Å²) in [7, 11) is 0. The fraction of sp³-hybridized carbons (Fsp3) is 0.316. The third-order valence-electron chi connectivity index (χ3n) is 3.12. The summed E-state index contributed by atoms with van der Waals surface area (Å²) < 4.78 is 35.1. The molecule has 8 heteroatoms. The molecule has 148 valence electrons. The lowest BCUT2D eigenvalue weighted by atomic mass is 10.1. The van der Waals surface area contributed by atoms with Gasteiger partial charge in [0, 0.05) is 29.2 Å². The predicted octanol–water partition coefficient (Wildman–Crippen LogP) is 6.02. The first-order valence-corrected chi connectivity index (χ1v) is 8.40. The van der Waals surface area contributed by atoms with Gasteiger partial charge in [-0.15, -0.1) is 11.7 Å². The van der Waals surface area contributed by atoms with Crippen LogP contribution in [0.2, 0.25) is 0 Å². The summed E-state index contributed by atoms with van der Waals surface area (Å²) in [6, 6.07) is 7.77. The molecule has 1 heterocycles. The van der Waals surface area contributed by atoms with E-state index in [0.29, 0.717) is 5.56 Å². The van der Waals surface area contributed by atoms with Gasteiger partial charge < -0.3 is 10.4 Å². The van der Waals surface area contributed by atoms with Crippen molar-refractivity contribution in [3.63, 3.8) is 0 Å². The average Bonchev–Trinajstić information content (AvgIpc) is 3.03. The number of benzene rings is 1. The lowest BCUT2D eigenvalue weighted by Crippen LogP contribution is -2.03. The van der Waals surface area contributed by atoms with Crippen molar-refractivity contribution in [2.75, 3.05) is 0 Å². The fourth-order valence-corrected chi connectivity index (χ4v) is 2.00. The van der Waals surface area contributed by atoms with Crippen molar-refractivity contribution in [3.8, 4) is 0 Å². The molecule has 0 aliphatic rings. The molecule has 0 atom stereocenters. The number of amidine groups is 1. The van der Waals surface area contributed by atoms with E-state index in [1.165, 1.54) is 0 Å². The Labute approximate surface area is 157 Å². The third-order valence-corrected chi connectivity index (χ3v) is 3.12. The minimum absolute atomic E-state index is 0.0700. The van der Waals surface area contributed by atoms with E-state index in [-0.39, 0.29) is 5.84 Å². The van der Waals surface area contributed by atoms with Crippen molar-refractivity contribution in [3.05, 3.63) is 60.8 Å². The number of nitrogens with one attached hydrogen (secondary N) is 1. The van der Waals surface area contributed by atoms with Gasteiger partial charge in [-0.25, -0.2) is 0 Å². The first-order chi connectivity index (χ1) is 12.8. The van der Waals surface area contributed by atoms with E-state index in [0.717, 1.165) is 23.5 Å². The predicted molar refractivity (Wildman–Crippen MR) is 105 cm³/mol. The maximum absolute atomic E-state index is 11.0. The molecule has 0 bridgehead atoms. The second-order valence-corrected chi connectivity index (χ2v) is 4.98. The number of nitrogens with two attached hydrogens (primary N) is 1. The lowest BCUT2D eigenvalue weighted by molar-refractivity contribution is -0.124. The highest BCUT2D eigenvalue weighted by molar-refractivity contribution is 6.00. The summed E-state index contributed by atoms with van der Waals surface area (Å²) in [4.78, 5) is 0. The Kier molecular flexibility index (Phi) is 11.1. The Morgan fingerprint density at radius 3 is 2.44 bits per heavy atom. The molecular formula is C19H26F3N5. The molecule has 5 nitrogen and oxygen atoms in total. The van der Waals surface area contributed by atoms with Gasteiger partial charge in [0.1, 0.15) is 0 Å². The van der Waals surface area contributed by atoms with Crippen LogP contribution in [0.1, 0.15) is 32.8 Å². The summed E-state index contributed by atoms with van der Waals surface area (Å²) in [5, 5.41) is 15.4. The summed E-state index contributed by atoms with van der Waals surface area (Å²) in [5.41, 5.74) is 1.84. The Balaban J connectivity index is 0.000000637. The van der Waals surface area contributed by atoms with Gasteiger partial charge >= 0.3 is 6.18 Å². The molecule has 0 saturated carbocycles. The number of nitrogens with zero attached hydrogens (tertiary/aromatic N) is 3. The van der Waals surface area contributed by atoms with Crippen molar-refractivity contribution < 1.29 is 13.2 Å². The molecule has 3 N–H and O–H groups in total. The number of aromatic nitrogens is 1. The van der Waals surface area contributed by atoms with E-state index in [4.69, 9.17) is 11.3 Å². The average molecular weight is 381 g/mol. The van der Waals surface area contributed by atoms with Crippen LogP contribution < -0.4 is 5.84 Å². The van der Waals surface area contributed by atoms with Crippen LogP contribution in [0.5, 0.6) is 0 Å². The van der Waals surface area contributed by atoms with Crippen molar-refractivity contribution in [1.29, 1.82) is 5.41 Å². The van der Waals surface area contributed by atoms with Gasteiger partial charge in [0.2, 0.25) is 0 Å². The minimum Gasteiger partial charge on any atom is -0.344 e. The second kappa shape index (κ2) is 12.5. The Bertz CT molecular complexity index is 773. The monoisotopic (exact) mass is 381 g/mol. The number of fused-ring (bicyclic) bond motifs is 1. The number of rotatable bonds is 4. The van der Waals surface area contributed by atoms with Crippen LogP contribution in [0.25, 0.3) is 10.9 Å². The highest BCUT2D eigenvalue weighted by Gasteiger charge is 2.23. The van der Waals surface area contributed by atoms with E-state index < -0.39 is 12.6 Å². The molecule has 0 fully saturated rings. The zero-order valence-corrected chi connectivity index (χ0v) is 15.8. The number of hydrogen-bond donors (Lipinski definition) is 2. The van der Waals surface area contributed by atoms with Gasteiger partial charge in [-0.1, -0.05) is 37.3 Å². The van der Waals surface area contributed by atoms with Crippen LogP contribution >= 0.6 is 0 Å². The van der Waals surface area contributed by atoms with Gasteiger partial charge in [-0.3, -0.25) is 5.41 Å². The lowest BCUT2D eigenvalue weighted by Gasteiger charge is -2.02. The topological polar surface area (TPSA) is 79.5 Å². The quantitative estimate of drug-likeness (QED) is 0.167. The van der Waals surface area contributed by atoms with Gasteiger partial charge in [-0.05, 0) is 31.2 Å². The van der Waals surface area contributed by atoms with Crippen molar-refractivity contribution >= 4 is 16.7 Å². The van der Waals surface area contributed by atoms with Crippen molar-refractivity contribution in [2.45, 2.75) is 39.9 Å². The molecule has 0 aliphatic carbocycles. The molecule has 0 unspecified atom stereocenters. The molecule has 0 radical (unpaired) electrons. The minimum atomic E-state index is -4.07. The summed E-state index contributed by atoms with van der Waals surface area (Å²) in [5.74, 6) is 5.01. The standard InChI is InChI=1S/C13H15N5.C4H5F3.C2H6/c1-2-3-7-18-8-6-10-9-11(4-5-12(10)18)13(14)16-17-15;1-2-3-4(5,6)7;1-2/h2-6,8-9H,7H2,1H3,(H3,14,15,16);2H,1,3H2;1-2H3/b3-2+;;. The van der Waals surface area contributed by atoms with Crippen LogP contribution in [0.15, 0.2) is 65.6 Å². The van der Waals surface area contributed by atoms with Gasteiger partial charge in [-0.2, -0.15) is 13.2 Å². The molecule has 0 aliphatic heterocycles. The number of hydrogen-bond acceptors (Lipinski definition) is 2. The SMILES string of the molecule is C/C=C/Cn1ccc2cc(C(=N)N=NN)ccc21.C=CCC(F)(F)F.CC. The molecule has 27 heavy (non-hydrogen) atoms. The van der Waals surface area contributed by atoms with Crippen LogP contribution in [0.3, 0.4) is 0 Å². The van der Waals surface area contributed by atoms with Crippen molar-refractivity contribution in [1.82, 2.24) is 4.57 Å². The zero-order valence-electron chi connectivity index (χ0n) is 15.8. The molecule has 1 aromatic heterocycles. The summed E-state index contributed by atoms with van der Waals surface area (Å²) in [6.45, 7) is 9.78. The molecule has 2 rings (SSSR count). The van der Waals surface area contributed by atoms with Gasteiger partial charge in [0.15, 0.2) is 5.84 Å². The first kappa shape index (κ1) is 24.1. The number of allylic oxidation sites excluding steroid dienone is 3. The molecule has 0 spiro atoms. The second-order valence-electron chi connectivity index (χ2n) is 4.98. The smallest absolute Gasteiger partial charge is 0.344 e. The number of halogens is 3. The Morgan fingerprint density at radius 2 is 1.96 bits per heavy atom. The largest absolute Gasteiger partial charge is 0.392 e. The zero-order chi connectivity index (χ0) is 20.9. The van der Waals surface area contributed by atoms with Crippen molar-refractivity contribution in [2.24, 2.45) is 16.2 Å². The fourth-order valence-electron chi connectivity index (χ4n) is 2.00. The van der Waals surface area contributed by atoms with Crippen LogP contribution in [-0.2, 0) is 6.54 Å². The van der Waals surface area contributed by atoms with E-state index in [9.17, 15) is 13.2 Å². The molecule has 1 aromatic carbocycles. The number of alkyl halides is 3. The summed E-state index contributed by atoms with van der Waals surface area (Å²) >= 11 is 0. The van der Waals surface area contributed by atoms with E-state index in [1.807, 2.05) is 57.3 Å². The van der Waals surface area contributed by atoms with Crippen LogP contribution in [-0.4, -0.2) is 16.6 Å². The molecule has 0 amide bonds. The molecular weight excluding hydrogens is 355 g/mol. The molecule has 0 saturated heterocycles. The maximum Gasteiger partial charge on any atom is 0.392 e. The van der Waals surface area contributed by atoms with Crippen LogP contribution in [0, 0.1) is 5.41 Å². The Hall–Kier alpha value is -2.90. The normalized spacial score (nSPS) is 11.0. The third kappa shape index (κ3) is 8.84. The molecule has 2 aromatic rings. The highest BCUT2D eigenvalue weighted by Crippen LogP contribution is 2.19. The highest BCUT2D eigenvalue weighted by atomic mass is 19.4. The maximum atomic E-state index is 11.0.